The van der Waals surface area contributed by atoms with Crippen LogP contribution in [0.4, 0.5) is 0 Å². The fourth-order valence-electron chi connectivity index (χ4n) is 5.87. The third kappa shape index (κ3) is 9.76. The number of halogens is 3. The van der Waals surface area contributed by atoms with Crippen molar-refractivity contribution in [1.29, 1.82) is 0 Å². The van der Waals surface area contributed by atoms with E-state index in [1.807, 2.05) is 0 Å². The van der Waals surface area contributed by atoms with Crippen LogP contribution in [0.2, 0.25) is 0 Å². The zero-order chi connectivity index (χ0) is 25.6. The van der Waals surface area contributed by atoms with Crippen molar-refractivity contribution in [2.45, 2.75) is 25.4 Å². The van der Waals surface area contributed by atoms with Gasteiger partial charge in [0.25, 0.3) is 0 Å². The van der Waals surface area contributed by atoms with E-state index in [1.54, 1.807) is 0 Å². The Kier molecular flexibility index (Phi) is 18.8. The Morgan fingerprint density at radius 3 is 1.64 bits per heavy atom. The van der Waals surface area contributed by atoms with Gasteiger partial charge in [0, 0.05) is 39.1 Å². The highest BCUT2D eigenvalue weighted by Crippen LogP contribution is 2.29. The molecule has 0 spiro atoms. The van der Waals surface area contributed by atoms with Gasteiger partial charge in [0.05, 0.1) is 17.1 Å². The van der Waals surface area contributed by atoms with Crippen LogP contribution in [-0.2, 0) is 13.0 Å². The Morgan fingerprint density at radius 1 is 0.568 bits per heavy atom. The maximum absolute atomic E-state index is 5.00. The van der Waals surface area contributed by atoms with Crippen LogP contribution in [0.1, 0.15) is 35.0 Å². The number of piperazine rings is 1. The molecule has 240 valence electrons. The first-order valence-corrected chi connectivity index (χ1v) is 13.9. The molecule has 4 aromatic carbocycles. The highest BCUT2D eigenvalue weighted by atomic mass is 35.5. The molecule has 1 aromatic heterocycles. The lowest BCUT2D eigenvalue weighted by atomic mass is 9.96. The summed E-state index contributed by atoms with van der Waals surface area (Å²) in [4.78, 5) is 10.3. The van der Waals surface area contributed by atoms with E-state index in [2.05, 4.69) is 130 Å². The van der Waals surface area contributed by atoms with Gasteiger partial charge in [0.2, 0.25) is 0 Å². The normalized spacial score (nSPS) is 12.8. The molecule has 0 bridgehead atoms. The summed E-state index contributed by atoms with van der Waals surface area (Å²) in [5.41, 5.74) is 6.42. The third-order valence-electron chi connectivity index (χ3n) is 7.80. The molecular weight excluding hydrogens is 619 g/mol. The minimum atomic E-state index is 0. The second-order valence-corrected chi connectivity index (χ2v) is 10.3. The second-order valence-electron chi connectivity index (χ2n) is 10.3. The number of aromatic nitrogens is 2. The van der Waals surface area contributed by atoms with Gasteiger partial charge < -0.3 is 25.9 Å². The lowest BCUT2D eigenvalue weighted by Crippen LogP contribution is -2.48. The maximum atomic E-state index is 5.00. The highest BCUT2D eigenvalue weighted by Gasteiger charge is 2.26. The summed E-state index contributed by atoms with van der Waals surface area (Å²) in [6.45, 7) is 6.50. The maximum Gasteiger partial charge on any atom is 0.114 e. The lowest BCUT2D eigenvalue weighted by Gasteiger charge is -2.40. The van der Waals surface area contributed by atoms with E-state index in [0.717, 1.165) is 63.5 Å². The molecule has 0 saturated carbocycles. The standard InChI is InChI=1S/C34H36N4.3ClH.3H2O/c1-4-13-28(14-5-1)27-33-35-31-19-10-11-20-32(31)38(33)22-12-21-36-23-25-37(26-24-36)34(29-15-6-2-7-16-29)30-17-8-3-9-18-30;;;;;;/h1-11,13-20,34H,12,21-27H2;3*1H;3*1H2. The summed E-state index contributed by atoms with van der Waals surface area (Å²) >= 11 is 0. The molecule has 5 aromatic rings. The molecule has 44 heavy (non-hydrogen) atoms. The van der Waals surface area contributed by atoms with E-state index in [1.165, 1.54) is 22.2 Å². The predicted octanol–water partition coefficient (Wildman–Crippen LogP) is 5.22. The fraction of sp³-hybridized carbons (Fsp3) is 0.265. The van der Waals surface area contributed by atoms with Crippen LogP contribution in [0.25, 0.3) is 11.0 Å². The third-order valence-corrected chi connectivity index (χ3v) is 7.80. The van der Waals surface area contributed by atoms with Crippen molar-refractivity contribution in [3.05, 3.63) is 138 Å². The molecule has 6 rings (SSSR count). The minimum Gasteiger partial charge on any atom is -0.412 e. The minimum absolute atomic E-state index is 0. The molecule has 7 nitrogen and oxygen atoms in total. The highest BCUT2D eigenvalue weighted by molar-refractivity contribution is 5.86. The molecule has 6 N–H and O–H groups in total. The van der Waals surface area contributed by atoms with E-state index in [0.29, 0.717) is 6.04 Å². The Balaban J connectivity index is 0.00000308. The number of nitrogens with zero attached hydrogens (tertiary/aromatic N) is 4. The van der Waals surface area contributed by atoms with Crippen molar-refractivity contribution in [3.63, 3.8) is 0 Å². The SMILES string of the molecule is Cl.Cl.Cl.O.O.O.c1ccc(Cc2nc3ccccc3n2CCCN2CCN(C(c3ccccc3)c3ccccc3)CC2)cc1. The van der Waals surface area contributed by atoms with Crippen molar-refractivity contribution >= 4 is 48.3 Å². The number of para-hydroxylation sites is 2. The van der Waals surface area contributed by atoms with Crippen molar-refractivity contribution < 1.29 is 16.4 Å². The van der Waals surface area contributed by atoms with Gasteiger partial charge in [-0.3, -0.25) is 4.90 Å². The smallest absolute Gasteiger partial charge is 0.114 e. The Bertz CT molecular complexity index is 1410. The number of fused-ring (bicyclic) bond motifs is 1. The molecule has 2 heterocycles. The van der Waals surface area contributed by atoms with E-state index in [-0.39, 0.29) is 53.6 Å². The quantitative estimate of drug-likeness (QED) is 0.215. The molecule has 0 atom stereocenters. The second kappa shape index (κ2) is 20.1. The zero-order valence-corrected chi connectivity index (χ0v) is 27.2. The van der Waals surface area contributed by atoms with Crippen molar-refractivity contribution in [2.75, 3.05) is 32.7 Å². The molecule has 0 aliphatic carbocycles. The van der Waals surface area contributed by atoms with E-state index in [9.17, 15) is 0 Å². The number of aryl methyl sites for hydroxylation is 1. The first-order chi connectivity index (χ1) is 18.8. The summed E-state index contributed by atoms with van der Waals surface area (Å²) in [6, 6.07) is 41.5. The van der Waals surface area contributed by atoms with Crippen LogP contribution in [0.3, 0.4) is 0 Å². The predicted molar refractivity (Wildman–Crippen MR) is 189 cm³/mol. The molecule has 1 fully saturated rings. The summed E-state index contributed by atoms with van der Waals surface area (Å²) in [5.74, 6) is 1.16. The summed E-state index contributed by atoms with van der Waals surface area (Å²) in [6.07, 6.45) is 2.00. The first-order valence-electron chi connectivity index (χ1n) is 13.9. The molecule has 10 heteroatoms. The topological polar surface area (TPSA) is 119 Å². The van der Waals surface area contributed by atoms with Crippen LogP contribution < -0.4 is 0 Å². The van der Waals surface area contributed by atoms with E-state index in [4.69, 9.17) is 4.98 Å². The monoisotopic (exact) mass is 662 g/mol. The van der Waals surface area contributed by atoms with Crippen LogP contribution in [0, 0.1) is 0 Å². The fourth-order valence-corrected chi connectivity index (χ4v) is 5.87. The number of rotatable bonds is 9. The number of hydrogen-bond donors (Lipinski definition) is 0. The number of imidazole rings is 1. The number of hydrogen-bond acceptors (Lipinski definition) is 3. The molecule has 0 unspecified atom stereocenters. The summed E-state index contributed by atoms with van der Waals surface area (Å²) in [5, 5.41) is 0. The summed E-state index contributed by atoms with van der Waals surface area (Å²) < 4.78 is 2.44. The zero-order valence-electron chi connectivity index (χ0n) is 24.7. The molecule has 1 saturated heterocycles. The van der Waals surface area contributed by atoms with Crippen molar-refractivity contribution in [3.8, 4) is 0 Å². The van der Waals surface area contributed by atoms with Crippen molar-refractivity contribution in [1.82, 2.24) is 19.4 Å². The number of benzene rings is 4. The van der Waals surface area contributed by atoms with Gasteiger partial charge in [-0.1, -0.05) is 103 Å². The lowest BCUT2D eigenvalue weighted by molar-refractivity contribution is 0.108. The summed E-state index contributed by atoms with van der Waals surface area (Å²) in [7, 11) is 0. The van der Waals surface area contributed by atoms with Crippen LogP contribution in [-0.4, -0.2) is 68.5 Å². The Labute approximate surface area is 279 Å². The average molecular weight is 664 g/mol. The first kappa shape index (κ1) is 41.0. The van der Waals surface area contributed by atoms with Gasteiger partial charge in [-0.05, 0) is 41.8 Å². The molecule has 0 radical (unpaired) electrons. The Morgan fingerprint density at radius 2 is 1.07 bits per heavy atom. The van der Waals surface area contributed by atoms with Gasteiger partial charge >= 0.3 is 0 Å². The van der Waals surface area contributed by atoms with Crippen LogP contribution in [0.5, 0.6) is 0 Å². The van der Waals surface area contributed by atoms with Gasteiger partial charge in [0.15, 0.2) is 0 Å². The van der Waals surface area contributed by atoms with Gasteiger partial charge in [0.1, 0.15) is 5.82 Å². The van der Waals surface area contributed by atoms with Gasteiger partial charge in [-0.15, -0.1) is 37.2 Å². The van der Waals surface area contributed by atoms with Crippen LogP contribution in [0.15, 0.2) is 115 Å². The van der Waals surface area contributed by atoms with Gasteiger partial charge in [-0.25, -0.2) is 4.98 Å². The molecule has 1 aliphatic rings. The molecular formula is C34H45Cl3N4O3. The van der Waals surface area contributed by atoms with Crippen molar-refractivity contribution in [2.24, 2.45) is 0 Å². The molecule has 0 amide bonds. The van der Waals surface area contributed by atoms with E-state index >= 15 is 0 Å². The Hall–Kier alpha value is -2.98. The van der Waals surface area contributed by atoms with Gasteiger partial charge in [-0.2, -0.15) is 0 Å². The molecule has 1 aliphatic heterocycles. The average Bonchev–Trinajstić information content (AvgIpc) is 3.32. The largest absolute Gasteiger partial charge is 0.412 e. The van der Waals surface area contributed by atoms with E-state index < -0.39 is 0 Å². The van der Waals surface area contributed by atoms with Crippen LogP contribution >= 0.6 is 37.2 Å².